The summed E-state index contributed by atoms with van der Waals surface area (Å²) in [5.41, 5.74) is 1.07. The number of hydrogen-bond donors (Lipinski definition) is 3. The van der Waals surface area contributed by atoms with Crippen LogP contribution in [0, 0.1) is 5.92 Å². The van der Waals surface area contributed by atoms with Crippen molar-refractivity contribution in [3.8, 4) is 23.0 Å². The first-order chi connectivity index (χ1) is 22.1. The van der Waals surface area contributed by atoms with E-state index < -0.39 is 44.8 Å². The molecule has 46 heavy (non-hydrogen) atoms. The van der Waals surface area contributed by atoms with Crippen LogP contribution in [0.2, 0.25) is 0 Å². The van der Waals surface area contributed by atoms with Gasteiger partial charge in [-0.15, -0.1) is 6.58 Å². The smallest absolute Gasteiger partial charge is 0.262 e. The molecule has 2 amide bonds. The molecule has 2 aliphatic carbocycles. The average Bonchev–Trinajstić information content (AvgIpc) is 3.92. The van der Waals surface area contributed by atoms with Crippen molar-refractivity contribution in [2.45, 2.75) is 68.6 Å². The van der Waals surface area contributed by atoms with E-state index in [1.165, 1.54) is 0 Å². The van der Waals surface area contributed by atoms with Gasteiger partial charge in [-0.05, 0) is 69.5 Å². The zero-order valence-electron chi connectivity index (χ0n) is 25.5. The summed E-state index contributed by atoms with van der Waals surface area (Å²) in [7, 11) is -3.77. The van der Waals surface area contributed by atoms with Crippen molar-refractivity contribution in [1.29, 1.82) is 0 Å². The molecule has 12 nitrogen and oxygen atoms in total. The van der Waals surface area contributed by atoms with E-state index >= 15 is 0 Å². The maximum atomic E-state index is 13.4. The van der Waals surface area contributed by atoms with E-state index in [0.717, 1.165) is 16.7 Å². The number of nitrogens with one attached hydrogen (secondary N) is 3. The Kier molecular flexibility index (Phi) is 7.47. The lowest BCUT2D eigenvalue weighted by molar-refractivity contribution is -0.130. The SMILES string of the molecule is C=C[C@@H]1C[C@@]1(NC(=O)[C@@H]1C[C@@H](Oc2nc(-c3ccc(OC(C)C)cc3)nc3c2oc2ccccc23)CN1)C(=O)NS(=O)(=O)C1CC1. The number of amides is 2. The third kappa shape index (κ3) is 5.69. The summed E-state index contributed by atoms with van der Waals surface area (Å²) in [6.45, 7) is 8.01. The Morgan fingerprint density at radius 1 is 1.13 bits per heavy atom. The number of rotatable bonds is 11. The quantitative estimate of drug-likeness (QED) is 0.206. The van der Waals surface area contributed by atoms with Crippen LogP contribution < -0.4 is 24.8 Å². The molecule has 1 aliphatic heterocycles. The zero-order valence-corrected chi connectivity index (χ0v) is 26.3. The Bertz CT molecular complexity index is 1950. The second kappa shape index (κ2) is 11.4. The third-order valence-electron chi connectivity index (χ3n) is 8.61. The normalized spacial score (nSPS) is 24.2. The summed E-state index contributed by atoms with van der Waals surface area (Å²) < 4.78 is 45.3. The molecule has 4 aromatic rings. The Balaban J connectivity index is 1.10. The van der Waals surface area contributed by atoms with Crippen molar-refractivity contribution in [1.82, 2.24) is 25.3 Å². The van der Waals surface area contributed by atoms with Gasteiger partial charge < -0.3 is 24.5 Å². The number of aromatic nitrogens is 2. The van der Waals surface area contributed by atoms with Crippen LogP contribution in [0.15, 0.2) is 65.6 Å². The second-order valence-corrected chi connectivity index (χ2v) is 14.4. The predicted molar refractivity (Wildman–Crippen MR) is 171 cm³/mol. The highest BCUT2D eigenvalue weighted by molar-refractivity contribution is 7.91. The standard InChI is InChI=1S/C33H35N5O7S/c1-4-20-16-33(20,32(40)38-46(41,42)23-13-14-23)37-30(39)25-15-22(17-34-25)44-31-28-27(24-7-5-6-8-26(24)45-28)35-29(36-31)19-9-11-21(12-10-19)43-18(2)3/h4-12,18,20,22-23,25,34H,1,13-17H2,2-3H3,(H,37,39)(H,38,40)/t20-,22-,25+,33+/m1/s1. The Morgan fingerprint density at radius 3 is 2.59 bits per heavy atom. The lowest BCUT2D eigenvalue weighted by Gasteiger charge is -2.21. The Labute approximate surface area is 266 Å². The van der Waals surface area contributed by atoms with Gasteiger partial charge in [-0.2, -0.15) is 4.98 Å². The fraction of sp³-hybridized carbons (Fsp3) is 0.394. The third-order valence-corrected chi connectivity index (χ3v) is 10.4. The van der Waals surface area contributed by atoms with E-state index in [2.05, 4.69) is 21.9 Å². The van der Waals surface area contributed by atoms with Crippen molar-refractivity contribution in [3.63, 3.8) is 0 Å². The van der Waals surface area contributed by atoms with Gasteiger partial charge in [0.05, 0.1) is 17.4 Å². The van der Waals surface area contributed by atoms with Crippen LogP contribution in [-0.2, 0) is 19.6 Å². The molecule has 2 aromatic heterocycles. The fourth-order valence-electron chi connectivity index (χ4n) is 5.90. The lowest BCUT2D eigenvalue weighted by Crippen LogP contribution is -2.55. The number of fused-ring (bicyclic) bond motifs is 3. The highest BCUT2D eigenvalue weighted by Gasteiger charge is 2.61. The molecule has 0 unspecified atom stereocenters. The largest absolute Gasteiger partial charge is 0.491 e. The molecule has 1 saturated heterocycles. The first-order valence-electron chi connectivity index (χ1n) is 15.4. The van der Waals surface area contributed by atoms with Gasteiger partial charge in [-0.25, -0.2) is 13.4 Å². The maximum absolute atomic E-state index is 13.4. The summed E-state index contributed by atoms with van der Waals surface area (Å²) >= 11 is 0. The van der Waals surface area contributed by atoms with Crippen LogP contribution in [-0.4, -0.2) is 65.8 Å². The molecule has 2 aromatic carbocycles. The first kappa shape index (κ1) is 30.2. The molecule has 7 rings (SSSR count). The number of hydrogen-bond acceptors (Lipinski definition) is 10. The van der Waals surface area contributed by atoms with Crippen molar-refractivity contribution in [2.24, 2.45) is 5.92 Å². The molecule has 0 radical (unpaired) electrons. The summed E-state index contributed by atoms with van der Waals surface area (Å²) in [6.07, 6.45) is 2.76. The van der Waals surface area contributed by atoms with E-state index in [1.54, 1.807) is 6.08 Å². The number of carbonyl (C=O) groups is 2. The van der Waals surface area contributed by atoms with Crippen molar-refractivity contribution in [2.75, 3.05) is 6.54 Å². The van der Waals surface area contributed by atoms with Crippen molar-refractivity contribution in [3.05, 3.63) is 61.2 Å². The number of nitrogens with zero attached hydrogens (tertiary/aromatic N) is 2. The topological polar surface area (TPSA) is 162 Å². The minimum atomic E-state index is -3.77. The highest BCUT2D eigenvalue weighted by atomic mass is 32.2. The van der Waals surface area contributed by atoms with Crippen LogP contribution in [0.4, 0.5) is 0 Å². The Hall–Kier alpha value is -4.49. The van der Waals surface area contributed by atoms with Crippen LogP contribution in [0.1, 0.15) is 39.5 Å². The fourth-order valence-corrected chi connectivity index (χ4v) is 7.27. The molecule has 0 bridgehead atoms. The minimum absolute atomic E-state index is 0.0422. The number of benzene rings is 2. The number of carbonyl (C=O) groups excluding carboxylic acids is 2. The van der Waals surface area contributed by atoms with Gasteiger partial charge in [0.1, 0.15) is 28.5 Å². The number of ether oxygens (including phenoxy) is 2. The molecule has 3 heterocycles. The molecule has 240 valence electrons. The maximum Gasteiger partial charge on any atom is 0.262 e. The van der Waals surface area contributed by atoms with Crippen molar-refractivity contribution < 1.29 is 31.9 Å². The van der Waals surface area contributed by atoms with E-state index in [1.807, 2.05) is 62.4 Å². The molecule has 0 spiro atoms. The zero-order chi connectivity index (χ0) is 32.2. The molecule has 2 saturated carbocycles. The molecular weight excluding hydrogens is 610 g/mol. The van der Waals surface area contributed by atoms with Gasteiger partial charge in [-0.1, -0.05) is 18.2 Å². The molecule has 3 fully saturated rings. The van der Waals surface area contributed by atoms with Crippen molar-refractivity contribution >= 4 is 43.9 Å². The molecule has 4 atom stereocenters. The van der Waals surface area contributed by atoms with E-state index in [-0.39, 0.29) is 30.7 Å². The van der Waals surface area contributed by atoms with Gasteiger partial charge in [0.15, 0.2) is 5.82 Å². The summed E-state index contributed by atoms with van der Waals surface area (Å²) in [4.78, 5) is 36.0. The van der Waals surface area contributed by atoms with Gasteiger partial charge in [0.2, 0.25) is 21.5 Å². The lowest BCUT2D eigenvalue weighted by atomic mass is 10.1. The molecule has 13 heteroatoms. The Morgan fingerprint density at radius 2 is 1.89 bits per heavy atom. The van der Waals surface area contributed by atoms with Crippen LogP contribution >= 0.6 is 0 Å². The van der Waals surface area contributed by atoms with Crippen LogP contribution in [0.3, 0.4) is 0 Å². The van der Waals surface area contributed by atoms with E-state index in [4.69, 9.17) is 23.9 Å². The summed E-state index contributed by atoms with van der Waals surface area (Å²) in [5.74, 6) is -0.0827. The number of sulfonamides is 1. The minimum Gasteiger partial charge on any atom is -0.491 e. The van der Waals surface area contributed by atoms with Gasteiger partial charge >= 0.3 is 0 Å². The molecular formula is C33H35N5O7S. The first-order valence-corrected chi connectivity index (χ1v) is 17.0. The summed E-state index contributed by atoms with van der Waals surface area (Å²) in [6, 6.07) is 14.4. The van der Waals surface area contributed by atoms with Crippen LogP contribution in [0.25, 0.3) is 33.5 Å². The number of furan rings is 1. The monoisotopic (exact) mass is 645 g/mol. The van der Waals surface area contributed by atoms with Gasteiger partial charge in [-0.3, -0.25) is 14.3 Å². The molecule has 3 N–H and O–H groups in total. The van der Waals surface area contributed by atoms with Gasteiger partial charge in [0.25, 0.3) is 11.8 Å². The van der Waals surface area contributed by atoms with Crippen LogP contribution in [0.5, 0.6) is 11.6 Å². The predicted octanol–water partition coefficient (Wildman–Crippen LogP) is 3.61. The van der Waals surface area contributed by atoms with E-state index in [0.29, 0.717) is 41.9 Å². The summed E-state index contributed by atoms with van der Waals surface area (Å²) in [5, 5.41) is 6.24. The van der Waals surface area contributed by atoms with E-state index in [9.17, 15) is 18.0 Å². The average molecular weight is 646 g/mol. The number of para-hydroxylation sites is 1. The second-order valence-electron chi connectivity index (χ2n) is 12.4. The van der Waals surface area contributed by atoms with Gasteiger partial charge in [0, 0.05) is 29.8 Å². The molecule has 3 aliphatic rings. The highest BCUT2D eigenvalue weighted by Crippen LogP contribution is 2.45.